The van der Waals surface area contributed by atoms with E-state index in [1.54, 1.807) is 10.9 Å². The van der Waals surface area contributed by atoms with E-state index in [9.17, 15) is 4.79 Å². The van der Waals surface area contributed by atoms with E-state index in [1.807, 2.05) is 41.6 Å². The number of aromatic nitrogens is 4. The van der Waals surface area contributed by atoms with Crippen molar-refractivity contribution in [3.63, 3.8) is 0 Å². The molecule has 3 aromatic rings. The third-order valence-corrected chi connectivity index (χ3v) is 4.57. The fourth-order valence-electron chi connectivity index (χ4n) is 3.39. The highest BCUT2D eigenvalue weighted by atomic mass is 16.2. The number of rotatable bonds is 4. The molecule has 6 heteroatoms. The molecule has 1 amide bonds. The molecule has 4 rings (SSSR count). The molecule has 2 aromatic heterocycles. The van der Waals surface area contributed by atoms with E-state index >= 15 is 0 Å². The number of carbonyl (C=O) groups is 1. The van der Waals surface area contributed by atoms with Crippen LogP contribution in [0.15, 0.2) is 48.9 Å². The minimum absolute atomic E-state index is 0.162. The Hall–Kier alpha value is -2.76. The summed E-state index contributed by atoms with van der Waals surface area (Å²) in [4.78, 5) is 19.2. The lowest BCUT2D eigenvalue weighted by Crippen LogP contribution is -2.39. The summed E-state index contributed by atoms with van der Waals surface area (Å²) in [5.41, 5.74) is 1.92. The molecule has 6 nitrogen and oxygen atoms in total. The quantitative estimate of drug-likeness (QED) is 0.738. The summed E-state index contributed by atoms with van der Waals surface area (Å²) >= 11 is 0. The number of para-hydroxylation sites is 1. The topological polar surface area (TPSA) is 63.9 Å². The van der Waals surface area contributed by atoms with Crippen LogP contribution in [0.1, 0.15) is 18.4 Å². The molecule has 1 saturated heterocycles. The first-order valence-electron chi connectivity index (χ1n) is 8.27. The Labute approximate surface area is 140 Å². The average molecular weight is 321 g/mol. The summed E-state index contributed by atoms with van der Waals surface area (Å²) in [6.45, 7) is 1.53. The Balaban J connectivity index is 1.47. The highest BCUT2D eigenvalue weighted by Crippen LogP contribution is 2.21. The molecular formula is C18H19N5O. The summed E-state index contributed by atoms with van der Waals surface area (Å²) in [6, 6.07) is 10.2. The second-order valence-corrected chi connectivity index (χ2v) is 6.22. The Kier molecular flexibility index (Phi) is 3.94. The minimum Gasteiger partial charge on any atom is -0.338 e. The zero-order chi connectivity index (χ0) is 16.4. The van der Waals surface area contributed by atoms with Crippen molar-refractivity contribution in [2.45, 2.75) is 31.8 Å². The first-order chi connectivity index (χ1) is 11.8. The van der Waals surface area contributed by atoms with Crippen molar-refractivity contribution in [2.24, 2.45) is 0 Å². The molecule has 0 spiro atoms. The van der Waals surface area contributed by atoms with Gasteiger partial charge in [-0.2, -0.15) is 0 Å². The van der Waals surface area contributed by atoms with Crippen molar-refractivity contribution in [1.29, 1.82) is 0 Å². The molecule has 1 fully saturated rings. The van der Waals surface area contributed by atoms with Crippen LogP contribution >= 0.6 is 0 Å². The standard InChI is InChI=1S/C18H19N5O/c24-18(11-14-10-15-4-1-2-6-17(15)19-12-14)23-8-3-5-16(23)13-22-9-7-20-21-22/h1-2,4,6-7,9-10,12,16H,3,5,8,11,13H2/t16-/m0/s1. The highest BCUT2D eigenvalue weighted by Gasteiger charge is 2.29. The summed E-state index contributed by atoms with van der Waals surface area (Å²) < 4.78 is 1.80. The molecule has 1 atom stereocenters. The summed E-state index contributed by atoms with van der Waals surface area (Å²) in [7, 11) is 0. The first kappa shape index (κ1) is 14.8. The van der Waals surface area contributed by atoms with Crippen molar-refractivity contribution < 1.29 is 4.79 Å². The zero-order valence-corrected chi connectivity index (χ0v) is 13.4. The van der Waals surface area contributed by atoms with E-state index in [0.29, 0.717) is 13.0 Å². The van der Waals surface area contributed by atoms with Crippen molar-refractivity contribution >= 4 is 16.8 Å². The van der Waals surface area contributed by atoms with Crippen LogP contribution in [0.4, 0.5) is 0 Å². The molecule has 0 bridgehead atoms. The van der Waals surface area contributed by atoms with Crippen molar-refractivity contribution in [3.8, 4) is 0 Å². The van der Waals surface area contributed by atoms with Crippen molar-refractivity contribution in [3.05, 3.63) is 54.5 Å². The van der Waals surface area contributed by atoms with Crippen LogP contribution in [-0.2, 0) is 17.8 Å². The van der Waals surface area contributed by atoms with Gasteiger partial charge >= 0.3 is 0 Å². The average Bonchev–Trinajstić information content (AvgIpc) is 3.27. The molecule has 122 valence electrons. The molecule has 3 heterocycles. The van der Waals surface area contributed by atoms with Crippen LogP contribution < -0.4 is 0 Å². The van der Waals surface area contributed by atoms with E-state index in [4.69, 9.17) is 0 Å². The molecular weight excluding hydrogens is 302 g/mol. The third kappa shape index (κ3) is 2.99. The summed E-state index contributed by atoms with van der Waals surface area (Å²) in [5, 5.41) is 8.92. The van der Waals surface area contributed by atoms with Gasteiger partial charge in [0.2, 0.25) is 5.91 Å². The van der Waals surface area contributed by atoms with Gasteiger partial charge in [0.05, 0.1) is 30.7 Å². The molecule has 24 heavy (non-hydrogen) atoms. The number of pyridine rings is 1. The van der Waals surface area contributed by atoms with Gasteiger partial charge in [-0.3, -0.25) is 14.5 Å². The monoisotopic (exact) mass is 321 g/mol. The van der Waals surface area contributed by atoms with Crippen LogP contribution in [0.5, 0.6) is 0 Å². The predicted molar refractivity (Wildman–Crippen MR) is 90.2 cm³/mol. The zero-order valence-electron chi connectivity index (χ0n) is 13.4. The van der Waals surface area contributed by atoms with Gasteiger partial charge in [0.15, 0.2) is 0 Å². The number of hydrogen-bond acceptors (Lipinski definition) is 4. The van der Waals surface area contributed by atoms with Crippen LogP contribution in [0.3, 0.4) is 0 Å². The van der Waals surface area contributed by atoms with Gasteiger partial charge in [0, 0.05) is 24.3 Å². The Morgan fingerprint density at radius 1 is 1.29 bits per heavy atom. The lowest BCUT2D eigenvalue weighted by Gasteiger charge is -2.24. The van der Waals surface area contributed by atoms with Crippen molar-refractivity contribution in [2.75, 3.05) is 6.54 Å². The molecule has 1 aromatic carbocycles. The third-order valence-electron chi connectivity index (χ3n) is 4.57. The van der Waals surface area contributed by atoms with Gasteiger partial charge in [0.25, 0.3) is 0 Å². The second-order valence-electron chi connectivity index (χ2n) is 6.22. The SMILES string of the molecule is O=C(Cc1cnc2ccccc2c1)N1CCC[C@H]1Cn1ccnn1. The number of amides is 1. The van der Waals surface area contributed by atoms with E-state index in [0.717, 1.165) is 35.9 Å². The van der Waals surface area contributed by atoms with E-state index < -0.39 is 0 Å². The van der Waals surface area contributed by atoms with Gasteiger partial charge in [-0.25, -0.2) is 0 Å². The highest BCUT2D eigenvalue weighted by molar-refractivity contribution is 5.83. The molecule has 1 aliphatic rings. The van der Waals surface area contributed by atoms with Crippen LogP contribution in [0.2, 0.25) is 0 Å². The minimum atomic E-state index is 0.162. The second kappa shape index (κ2) is 6.39. The van der Waals surface area contributed by atoms with Gasteiger partial charge in [-0.15, -0.1) is 5.10 Å². The number of carbonyl (C=O) groups excluding carboxylic acids is 1. The van der Waals surface area contributed by atoms with E-state index in [1.165, 1.54) is 0 Å². The maximum absolute atomic E-state index is 12.7. The van der Waals surface area contributed by atoms with Gasteiger partial charge in [-0.05, 0) is 30.5 Å². The number of nitrogens with zero attached hydrogens (tertiary/aromatic N) is 5. The fraction of sp³-hybridized carbons (Fsp3) is 0.333. The number of hydrogen-bond donors (Lipinski definition) is 0. The van der Waals surface area contributed by atoms with Gasteiger partial charge in [0.1, 0.15) is 0 Å². The molecule has 0 radical (unpaired) electrons. The maximum Gasteiger partial charge on any atom is 0.227 e. The van der Waals surface area contributed by atoms with Crippen LogP contribution in [0, 0.1) is 0 Å². The Morgan fingerprint density at radius 3 is 3.08 bits per heavy atom. The fourth-order valence-corrected chi connectivity index (χ4v) is 3.39. The molecule has 0 unspecified atom stereocenters. The first-order valence-corrected chi connectivity index (χ1v) is 8.27. The largest absolute Gasteiger partial charge is 0.338 e. The molecule has 0 aliphatic carbocycles. The van der Waals surface area contributed by atoms with Gasteiger partial charge in [-0.1, -0.05) is 23.4 Å². The van der Waals surface area contributed by atoms with Crippen LogP contribution in [0.25, 0.3) is 10.9 Å². The lowest BCUT2D eigenvalue weighted by molar-refractivity contribution is -0.131. The molecule has 1 aliphatic heterocycles. The van der Waals surface area contributed by atoms with Crippen LogP contribution in [-0.4, -0.2) is 43.4 Å². The Bertz CT molecular complexity index is 846. The summed E-state index contributed by atoms with van der Waals surface area (Å²) in [5.74, 6) is 0.162. The van der Waals surface area contributed by atoms with Gasteiger partial charge < -0.3 is 4.90 Å². The lowest BCUT2D eigenvalue weighted by atomic mass is 10.1. The van der Waals surface area contributed by atoms with Crippen molar-refractivity contribution in [1.82, 2.24) is 24.9 Å². The summed E-state index contributed by atoms with van der Waals surface area (Å²) in [6.07, 6.45) is 7.77. The predicted octanol–water partition coefficient (Wildman–Crippen LogP) is 2.06. The smallest absolute Gasteiger partial charge is 0.227 e. The number of likely N-dealkylation sites (tertiary alicyclic amines) is 1. The normalized spacial score (nSPS) is 17.5. The molecule has 0 saturated carbocycles. The number of fused-ring (bicyclic) bond motifs is 1. The van der Waals surface area contributed by atoms with E-state index in [2.05, 4.69) is 21.4 Å². The Morgan fingerprint density at radius 2 is 2.21 bits per heavy atom. The van der Waals surface area contributed by atoms with E-state index in [-0.39, 0.29) is 11.9 Å². The number of benzene rings is 1. The molecule has 0 N–H and O–H groups in total. The maximum atomic E-state index is 12.7.